The summed E-state index contributed by atoms with van der Waals surface area (Å²) in [4.78, 5) is 18.4. The van der Waals surface area contributed by atoms with Crippen LogP contribution < -0.4 is 10.6 Å². The van der Waals surface area contributed by atoms with Gasteiger partial charge in [0.15, 0.2) is 5.96 Å². The van der Waals surface area contributed by atoms with Crippen molar-refractivity contribution in [3.05, 3.63) is 58.5 Å². The Morgan fingerprint density at radius 1 is 1.23 bits per heavy atom. The largest absolute Gasteiger partial charge is 0.467 e. The van der Waals surface area contributed by atoms with Gasteiger partial charge >= 0.3 is 0 Å². The van der Waals surface area contributed by atoms with E-state index in [4.69, 9.17) is 4.42 Å². The van der Waals surface area contributed by atoms with Crippen molar-refractivity contribution in [2.24, 2.45) is 4.99 Å². The maximum atomic E-state index is 12.0. The third-order valence-corrected chi connectivity index (χ3v) is 4.25. The van der Waals surface area contributed by atoms with Crippen LogP contribution in [0.15, 0.2) is 56.5 Å². The minimum Gasteiger partial charge on any atom is -0.467 e. The van der Waals surface area contributed by atoms with Gasteiger partial charge in [0.05, 0.1) is 12.8 Å². The normalized spacial score (nSPS) is 10.8. The molecule has 0 aliphatic carbocycles. The van der Waals surface area contributed by atoms with Crippen molar-refractivity contribution in [3.8, 4) is 0 Å². The molecule has 0 unspecified atom stereocenters. The quantitative estimate of drug-likeness (QED) is 0.324. The molecule has 0 atom stereocenters. The van der Waals surface area contributed by atoms with Gasteiger partial charge in [0, 0.05) is 24.6 Å². The molecule has 1 aromatic heterocycles. The van der Waals surface area contributed by atoms with Crippen molar-refractivity contribution < 1.29 is 9.21 Å². The monoisotopic (exact) mass is 534 g/mol. The zero-order chi connectivity index (χ0) is 18.1. The highest BCUT2D eigenvalue weighted by Crippen LogP contribution is 2.17. The third kappa shape index (κ3) is 7.36. The second-order valence-corrected chi connectivity index (χ2v) is 6.33. The molecule has 26 heavy (non-hydrogen) atoms. The van der Waals surface area contributed by atoms with Crippen LogP contribution in [0.4, 0.5) is 0 Å². The van der Waals surface area contributed by atoms with E-state index in [9.17, 15) is 4.79 Å². The minimum atomic E-state index is -0.152. The molecule has 2 N–H and O–H groups in total. The lowest BCUT2D eigenvalue weighted by atomic mass is 10.2. The number of hydrogen-bond acceptors (Lipinski definition) is 3. The fourth-order valence-electron chi connectivity index (χ4n) is 2.23. The SMILES string of the molecule is CCNC(=NCC(=O)NCc1ccco1)N(C)Cc1ccccc1Br.I. The predicted molar refractivity (Wildman–Crippen MR) is 118 cm³/mol. The van der Waals surface area contributed by atoms with Gasteiger partial charge in [-0.2, -0.15) is 0 Å². The van der Waals surface area contributed by atoms with E-state index in [-0.39, 0.29) is 36.4 Å². The van der Waals surface area contributed by atoms with Crippen LogP contribution >= 0.6 is 39.9 Å². The Labute approximate surface area is 179 Å². The van der Waals surface area contributed by atoms with Gasteiger partial charge in [-0.15, -0.1) is 24.0 Å². The summed E-state index contributed by atoms with van der Waals surface area (Å²) in [5.41, 5.74) is 1.15. The van der Waals surface area contributed by atoms with E-state index < -0.39 is 0 Å². The Hall–Kier alpha value is -1.55. The molecule has 8 heteroatoms. The topological polar surface area (TPSA) is 69.9 Å². The maximum Gasteiger partial charge on any atom is 0.242 e. The lowest BCUT2D eigenvalue weighted by molar-refractivity contribution is -0.119. The first-order valence-electron chi connectivity index (χ1n) is 8.12. The van der Waals surface area contributed by atoms with Crippen molar-refractivity contribution in [3.63, 3.8) is 0 Å². The summed E-state index contributed by atoms with van der Waals surface area (Å²) in [5, 5.41) is 6.00. The first-order valence-corrected chi connectivity index (χ1v) is 8.91. The number of halogens is 2. The first-order chi connectivity index (χ1) is 12.1. The number of guanidine groups is 1. The van der Waals surface area contributed by atoms with Crippen molar-refractivity contribution in [1.29, 1.82) is 0 Å². The zero-order valence-electron chi connectivity index (χ0n) is 14.9. The van der Waals surface area contributed by atoms with E-state index in [0.717, 1.165) is 22.3 Å². The molecular formula is C18H24BrIN4O2. The fraction of sp³-hybridized carbons (Fsp3) is 0.333. The first kappa shape index (κ1) is 22.5. The smallest absolute Gasteiger partial charge is 0.242 e. The van der Waals surface area contributed by atoms with Crippen LogP contribution in [0, 0.1) is 0 Å². The molecule has 0 saturated heterocycles. The lowest BCUT2D eigenvalue weighted by Gasteiger charge is -2.22. The molecule has 2 aromatic rings. The summed E-state index contributed by atoms with van der Waals surface area (Å²) >= 11 is 3.55. The Morgan fingerprint density at radius 2 is 2.00 bits per heavy atom. The summed E-state index contributed by atoms with van der Waals surface area (Å²) in [5.74, 6) is 1.25. The molecule has 0 spiro atoms. The van der Waals surface area contributed by atoms with Crippen LogP contribution in [0.5, 0.6) is 0 Å². The molecule has 0 aliphatic rings. The van der Waals surface area contributed by atoms with Crippen molar-refractivity contribution in [1.82, 2.24) is 15.5 Å². The van der Waals surface area contributed by atoms with E-state index >= 15 is 0 Å². The second kappa shape index (κ2) is 11.9. The van der Waals surface area contributed by atoms with Gasteiger partial charge < -0.3 is 20.0 Å². The van der Waals surface area contributed by atoms with Gasteiger partial charge in [0.2, 0.25) is 5.91 Å². The summed E-state index contributed by atoms with van der Waals surface area (Å²) in [7, 11) is 1.95. The zero-order valence-corrected chi connectivity index (χ0v) is 18.8. The molecule has 0 saturated carbocycles. The van der Waals surface area contributed by atoms with E-state index in [2.05, 4.69) is 37.6 Å². The van der Waals surface area contributed by atoms with Gasteiger partial charge in [0.25, 0.3) is 0 Å². The number of amides is 1. The van der Waals surface area contributed by atoms with Crippen LogP contribution in [-0.4, -0.2) is 36.9 Å². The molecule has 0 radical (unpaired) electrons. The van der Waals surface area contributed by atoms with Crippen molar-refractivity contribution >= 4 is 51.8 Å². The predicted octanol–water partition coefficient (Wildman–Crippen LogP) is 3.37. The summed E-state index contributed by atoms with van der Waals surface area (Å²) < 4.78 is 6.24. The Morgan fingerprint density at radius 3 is 2.65 bits per heavy atom. The molecule has 0 fully saturated rings. The second-order valence-electron chi connectivity index (χ2n) is 5.47. The van der Waals surface area contributed by atoms with Gasteiger partial charge in [-0.3, -0.25) is 4.79 Å². The lowest BCUT2D eigenvalue weighted by Crippen LogP contribution is -2.39. The van der Waals surface area contributed by atoms with Gasteiger partial charge in [0.1, 0.15) is 12.3 Å². The Bertz CT molecular complexity index is 707. The number of benzene rings is 1. The highest BCUT2D eigenvalue weighted by Gasteiger charge is 2.09. The van der Waals surface area contributed by atoms with Crippen LogP contribution in [0.25, 0.3) is 0 Å². The van der Waals surface area contributed by atoms with Crippen LogP contribution in [0.2, 0.25) is 0 Å². The number of carbonyl (C=O) groups is 1. The van der Waals surface area contributed by atoms with Crippen molar-refractivity contribution in [2.75, 3.05) is 20.1 Å². The molecule has 2 rings (SSSR count). The Kier molecular flexibility index (Phi) is 10.3. The molecular weight excluding hydrogens is 511 g/mol. The summed E-state index contributed by atoms with van der Waals surface area (Å²) in [6, 6.07) is 11.7. The molecule has 1 heterocycles. The minimum absolute atomic E-state index is 0. The molecule has 6 nitrogen and oxygen atoms in total. The summed E-state index contributed by atoms with van der Waals surface area (Å²) in [6.45, 7) is 3.83. The number of rotatable bonds is 7. The molecule has 1 amide bonds. The molecule has 0 aliphatic heterocycles. The third-order valence-electron chi connectivity index (χ3n) is 3.47. The summed E-state index contributed by atoms with van der Waals surface area (Å²) in [6.07, 6.45) is 1.58. The van der Waals surface area contributed by atoms with Gasteiger partial charge in [-0.05, 0) is 30.7 Å². The van der Waals surface area contributed by atoms with Gasteiger partial charge in [-0.1, -0.05) is 34.1 Å². The standard InChI is InChI=1S/C18H23BrN4O2.HI/c1-3-20-18(23(2)13-14-7-4-5-9-16(14)19)22-12-17(24)21-11-15-8-6-10-25-15;/h4-10H,3,11-13H2,1-2H3,(H,20,22)(H,21,24);1H. The number of carbonyl (C=O) groups excluding carboxylic acids is 1. The van der Waals surface area contributed by atoms with Crippen LogP contribution in [-0.2, 0) is 17.9 Å². The average Bonchev–Trinajstić information content (AvgIpc) is 3.12. The number of furan rings is 1. The molecule has 142 valence electrons. The average molecular weight is 535 g/mol. The number of nitrogens with one attached hydrogen (secondary N) is 2. The highest BCUT2D eigenvalue weighted by atomic mass is 127. The van der Waals surface area contributed by atoms with Crippen LogP contribution in [0.3, 0.4) is 0 Å². The number of nitrogens with zero attached hydrogens (tertiary/aromatic N) is 2. The van der Waals surface area contributed by atoms with E-state index in [1.54, 1.807) is 12.3 Å². The van der Waals surface area contributed by atoms with Gasteiger partial charge in [-0.25, -0.2) is 4.99 Å². The highest BCUT2D eigenvalue weighted by molar-refractivity contribution is 14.0. The van der Waals surface area contributed by atoms with Crippen LogP contribution in [0.1, 0.15) is 18.2 Å². The van der Waals surface area contributed by atoms with E-state index in [1.165, 1.54) is 0 Å². The van der Waals surface area contributed by atoms with E-state index in [1.807, 2.05) is 43.1 Å². The van der Waals surface area contributed by atoms with E-state index in [0.29, 0.717) is 19.0 Å². The molecule has 0 bridgehead atoms. The number of aliphatic imine (C=N–C) groups is 1. The Balaban J connectivity index is 0.00000338. The molecule has 1 aromatic carbocycles. The maximum absolute atomic E-state index is 12.0. The fourth-order valence-corrected chi connectivity index (χ4v) is 2.64. The van der Waals surface area contributed by atoms with Crippen molar-refractivity contribution in [2.45, 2.75) is 20.0 Å². The number of hydrogen-bond donors (Lipinski definition) is 2.